The van der Waals surface area contributed by atoms with E-state index in [1.165, 1.54) is 17.4 Å². The van der Waals surface area contributed by atoms with E-state index in [2.05, 4.69) is 15.6 Å². The summed E-state index contributed by atoms with van der Waals surface area (Å²) in [4.78, 5) is 27.4. The highest BCUT2D eigenvalue weighted by molar-refractivity contribution is 7.10. The van der Waals surface area contributed by atoms with Crippen molar-refractivity contribution < 1.29 is 9.72 Å². The number of pyridine rings is 1. The van der Waals surface area contributed by atoms with E-state index in [9.17, 15) is 14.9 Å². The number of anilines is 1. The van der Waals surface area contributed by atoms with Crippen molar-refractivity contribution in [3.05, 3.63) is 50.3 Å². The Bertz CT molecular complexity index is 657. The Morgan fingerprint density at radius 1 is 1.52 bits per heavy atom. The Morgan fingerprint density at radius 3 is 2.86 bits per heavy atom. The summed E-state index contributed by atoms with van der Waals surface area (Å²) in [5.74, 6) is -0.104. The minimum atomic E-state index is -0.577. The van der Waals surface area contributed by atoms with Gasteiger partial charge in [-0.05, 0) is 18.4 Å². The van der Waals surface area contributed by atoms with Crippen LogP contribution in [0.15, 0.2) is 29.8 Å². The van der Waals surface area contributed by atoms with Gasteiger partial charge >= 0.3 is 0 Å². The van der Waals surface area contributed by atoms with E-state index in [-0.39, 0.29) is 17.3 Å². The zero-order chi connectivity index (χ0) is 15.4. The molecule has 0 saturated heterocycles. The summed E-state index contributed by atoms with van der Waals surface area (Å²) < 4.78 is 0. The first-order valence-electron chi connectivity index (χ1n) is 6.19. The number of thiophene rings is 1. The molecule has 2 aromatic rings. The van der Waals surface area contributed by atoms with E-state index in [0.717, 1.165) is 11.1 Å². The van der Waals surface area contributed by atoms with Gasteiger partial charge in [-0.15, -0.1) is 11.3 Å². The highest BCUT2D eigenvalue weighted by Crippen LogP contribution is 2.22. The quantitative estimate of drug-likeness (QED) is 0.653. The van der Waals surface area contributed by atoms with E-state index >= 15 is 0 Å². The van der Waals surface area contributed by atoms with Crippen LogP contribution >= 0.6 is 11.3 Å². The molecule has 1 amide bonds. The van der Waals surface area contributed by atoms with Crippen molar-refractivity contribution in [1.29, 1.82) is 0 Å². The monoisotopic (exact) mass is 306 g/mol. The Morgan fingerprint density at radius 2 is 2.29 bits per heavy atom. The zero-order valence-electron chi connectivity index (χ0n) is 11.5. The smallest absolute Gasteiger partial charge is 0.288 e. The number of nitro groups is 1. The molecule has 2 aromatic heterocycles. The molecule has 8 heteroatoms. The van der Waals surface area contributed by atoms with Gasteiger partial charge in [0.2, 0.25) is 0 Å². The molecule has 21 heavy (non-hydrogen) atoms. The van der Waals surface area contributed by atoms with E-state index in [4.69, 9.17) is 0 Å². The van der Waals surface area contributed by atoms with Gasteiger partial charge in [0.15, 0.2) is 0 Å². The molecule has 2 heterocycles. The summed E-state index contributed by atoms with van der Waals surface area (Å²) in [6.07, 6.45) is 1.12. The molecule has 0 aliphatic rings. The largest absolute Gasteiger partial charge is 0.372 e. The average molecular weight is 306 g/mol. The summed E-state index contributed by atoms with van der Waals surface area (Å²) in [5.41, 5.74) is -0.0713. The number of nitrogens with zero attached hydrogens (tertiary/aromatic N) is 2. The van der Waals surface area contributed by atoms with E-state index in [0.29, 0.717) is 5.82 Å². The molecule has 0 aliphatic heterocycles. The first-order chi connectivity index (χ1) is 10.0. The first-order valence-corrected chi connectivity index (χ1v) is 7.07. The van der Waals surface area contributed by atoms with Crippen LogP contribution in [0.4, 0.5) is 11.5 Å². The van der Waals surface area contributed by atoms with Gasteiger partial charge in [-0.25, -0.2) is 4.98 Å². The molecule has 0 aromatic carbocycles. The van der Waals surface area contributed by atoms with Gasteiger partial charge in [-0.1, -0.05) is 6.07 Å². The maximum Gasteiger partial charge on any atom is 0.288 e. The first kappa shape index (κ1) is 14.9. The predicted octanol–water partition coefficient (Wildman–Crippen LogP) is 2.58. The second kappa shape index (κ2) is 6.31. The molecule has 0 saturated carbocycles. The molecule has 1 unspecified atom stereocenters. The number of hydrogen-bond acceptors (Lipinski definition) is 6. The number of carbonyl (C=O) groups is 1. The standard InChI is InChI=1S/C13H14N4O3S/c1-8(11-4-3-5-21-11)16-13(18)10-6-9(17(19)20)7-15-12(10)14-2/h3-8H,1-2H3,(H,14,15)(H,16,18). The Hall–Kier alpha value is -2.48. The third-order valence-corrected chi connectivity index (χ3v) is 3.94. The van der Waals surface area contributed by atoms with Crippen molar-refractivity contribution >= 4 is 28.7 Å². The molecule has 0 radical (unpaired) electrons. The third kappa shape index (κ3) is 3.34. The molecular formula is C13H14N4O3S. The summed E-state index contributed by atoms with van der Waals surface area (Å²) in [6.45, 7) is 1.85. The SMILES string of the molecule is CNc1ncc([N+](=O)[O-])cc1C(=O)NC(C)c1cccs1. The third-order valence-electron chi connectivity index (χ3n) is 2.88. The van der Waals surface area contributed by atoms with Crippen molar-refractivity contribution in [2.24, 2.45) is 0 Å². The van der Waals surface area contributed by atoms with Crippen molar-refractivity contribution in [3.8, 4) is 0 Å². The van der Waals surface area contributed by atoms with Crippen molar-refractivity contribution in [3.63, 3.8) is 0 Å². The Labute approximate surface area is 125 Å². The number of nitrogens with one attached hydrogen (secondary N) is 2. The lowest BCUT2D eigenvalue weighted by Gasteiger charge is -2.13. The summed E-state index contributed by atoms with van der Waals surface area (Å²) in [7, 11) is 1.60. The topological polar surface area (TPSA) is 97.2 Å². The lowest BCUT2D eigenvalue weighted by Crippen LogP contribution is -2.27. The van der Waals surface area contributed by atoms with Crippen LogP contribution in [0.3, 0.4) is 0 Å². The second-order valence-corrected chi connectivity index (χ2v) is 5.29. The van der Waals surface area contributed by atoms with Crippen LogP contribution in [-0.4, -0.2) is 22.9 Å². The van der Waals surface area contributed by atoms with Gasteiger partial charge < -0.3 is 10.6 Å². The van der Waals surface area contributed by atoms with Gasteiger partial charge in [0.05, 0.1) is 16.5 Å². The van der Waals surface area contributed by atoms with Crippen LogP contribution in [0.1, 0.15) is 28.2 Å². The van der Waals surface area contributed by atoms with Crippen molar-refractivity contribution in [2.45, 2.75) is 13.0 Å². The molecule has 0 spiro atoms. The zero-order valence-corrected chi connectivity index (χ0v) is 12.3. The number of amides is 1. The van der Waals surface area contributed by atoms with Crippen molar-refractivity contribution in [2.75, 3.05) is 12.4 Å². The molecular weight excluding hydrogens is 292 g/mol. The van der Waals surface area contributed by atoms with Gasteiger partial charge in [0.1, 0.15) is 12.0 Å². The Balaban J connectivity index is 2.25. The molecule has 0 fully saturated rings. The second-order valence-electron chi connectivity index (χ2n) is 4.31. The molecule has 0 bridgehead atoms. The average Bonchev–Trinajstić information content (AvgIpc) is 3.00. The van der Waals surface area contributed by atoms with E-state index < -0.39 is 10.8 Å². The fourth-order valence-electron chi connectivity index (χ4n) is 1.81. The molecule has 2 N–H and O–H groups in total. The molecule has 1 atom stereocenters. The van der Waals surface area contributed by atoms with Crippen LogP contribution in [-0.2, 0) is 0 Å². The van der Waals surface area contributed by atoms with Crippen LogP contribution < -0.4 is 10.6 Å². The maximum absolute atomic E-state index is 12.3. The van der Waals surface area contributed by atoms with Crippen LogP contribution in [0.2, 0.25) is 0 Å². The Kier molecular flexibility index (Phi) is 4.49. The van der Waals surface area contributed by atoms with Crippen LogP contribution in [0.5, 0.6) is 0 Å². The lowest BCUT2D eigenvalue weighted by molar-refractivity contribution is -0.385. The lowest BCUT2D eigenvalue weighted by atomic mass is 10.2. The van der Waals surface area contributed by atoms with Crippen LogP contribution in [0, 0.1) is 10.1 Å². The summed E-state index contributed by atoms with van der Waals surface area (Å²) in [5, 5.41) is 18.3. The van der Waals surface area contributed by atoms with E-state index in [1.54, 1.807) is 7.05 Å². The number of rotatable bonds is 5. The van der Waals surface area contributed by atoms with E-state index in [1.807, 2.05) is 24.4 Å². The fourth-order valence-corrected chi connectivity index (χ4v) is 2.54. The number of carbonyl (C=O) groups excluding carboxylic acids is 1. The fraction of sp³-hybridized carbons (Fsp3) is 0.231. The minimum Gasteiger partial charge on any atom is -0.372 e. The van der Waals surface area contributed by atoms with Gasteiger partial charge in [0, 0.05) is 18.0 Å². The van der Waals surface area contributed by atoms with Gasteiger partial charge in [0.25, 0.3) is 11.6 Å². The minimum absolute atomic E-state index is 0.148. The normalized spacial score (nSPS) is 11.7. The van der Waals surface area contributed by atoms with Gasteiger partial charge in [-0.2, -0.15) is 0 Å². The molecule has 110 valence electrons. The molecule has 0 aliphatic carbocycles. The maximum atomic E-state index is 12.3. The molecule has 7 nitrogen and oxygen atoms in total. The summed E-state index contributed by atoms with van der Waals surface area (Å²) >= 11 is 1.53. The number of aromatic nitrogens is 1. The van der Waals surface area contributed by atoms with Gasteiger partial charge in [-0.3, -0.25) is 14.9 Å². The number of hydrogen-bond donors (Lipinski definition) is 2. The highest BCUT2D eigenvalue weighted by Gasteiger charge is 2.19. The molecule has 2 rings (SSSR count). The van der Waals surface area contributed by atoms with Crippen LogP contribution in [0.25, 0.3) is 0 Å². The summed E-state index contributed by atoms with van der Waals surface area (Å²) in [6, 6.07) is 4.85. The van der Waals surface area contributed by atoms with Crippen molar-refractivity contribution in [1.82, 2.24) is 10.3 Å². The highest BCUT2D eigenvalue weighted by atomic mass is 32.1. The predicted molar refractivity (Wildman–Crippen MR) is 80.6 cm³/mol.